The number of non-ortho nitro benzene ring substituents is 1. The predicted molar refractivity (Wildman–Crippen MR) is 125 cm³/mol. The van der Waals surface area contributed by atoms with Gasteiger partial charge >= 0.3 is 11.9 Å². The van der Waals surface area contributed by atoms with Gasteiger partial charge in [0.1, 0.15) is 17.4 Å². The number of amidine groups is 1. The van der Waals surface area contributed by atoms with Gasteiger partial charge in [0, 0.05) is 29.3 Å². The number of nitro groups is 1. The van der Waals surface area contributed by atoms with Crippen LogP contribution in [0.15, 0.2) is 58.5 Å². The van der Waals surface area contributed by atoms with Crippen LogP contribution >= 0.6 is 0 Å². The second kappa shape index (κ2) is 9.45. The lowest BCUT2D eigenvalue weighted by Crippen LogP contribution is -2.26. The van der Waals surface area contributed by atoms with Crippen molar-refractivity contribution in [2.75, 3.05) is 0 Å². The van der Waals surface area contributed by atoms with Gasteiger partial charge in [0.25, 0.3) is 5.69 Å². The van der Waals surface area contributed by atoms with Crippen LogP contribution in [0.1, 0.15) is 35.2 Å². The van der Waals surface area contributed by atoms with Gasteiger partial charge in [-0.1, -0.05) is 12.1 Å². The largest absolute Gasteiger partial charge is 0.507 e. The summed E-state index contributed by atoms with van der Waals surface area (Å²) in [5.74, 6) is -6.13. The molecule has 3 aromatic carbocycles. The van der Waals surface area contributed by atoms with Crippen LogP contribution < -0.4 is 16.4 Å². The van der Waals surface area contributed by atoms with E-state index in [1.54, 1.807) is 0 Å². The normalized spacial score (nSPS) is 14.7. The monoisotopic (exact) mass is 507 g/mol. The molecule has 2 unspecified atom stereocenters. The minimum absolute atomic E-state index is 0.00944. The quantitative estimate of drug-likeness (QED) is 0.131. The van der Waals surface area contributed by atoms with Gasteiger partial charge in [-0.15, -0.1) is 0 Å². The number of phenolic OH excluding ortho intramolecular Hbond substituents is 1. The molecule has 188 valence electrons. The number of nitrogens with one attached hydrogen (secondary N) is 1. The number of carbonyl (C=O) groups is 2. The van der Waals surface area contributed by atoms with Crippen LogP contribution in [0, 0.1) is 21.3 Å². The van der Waals surface area contributed by atoms with Crippen LogP contribution in [0.25, 0.3) is 11.1 Å². The Morgan fingerprint density at radius 3 is 2.41 bits per heavy atom. The highest BCUT2D eigenvalue weighted by atomic mass is 19.1. The summed E-state index contributed by atoms with van der Waals surface area (Å²) in [6.45, 7) is 0. The first-order chi connectivity index (χ1) is 17.5. The van der Waals surface area contributed by atoms with Crippen molar-refractivity contribution in [1.82, 2.24) is 0 Å². The number of aliphatic carboxylic acids is 2. The van der Waals surface area contributed by atoms with Crippen molar-refractivity contribution < 1.29 is 34.2 Å². The number of nitrogens with two attached hydrogens (primary N) is 1. The number of phenols is 1. The molecule has 1 heterocycles. The summed E-state index contributed by atoms with van der Waals surface area (Å²) in [6.07, 6.45) is -1.96. The minimum atomic E-state index is -1.53. The average Bonchev–Trinajstić information content (AvgIpc) is 3.24. The molecule has 0 saturated heterocycles. The Bertz CT molecular complexity index is 1620. The van der Waals surface area contributed by atoms with Crippen molar-refractivity contribution in [3.63, 3.8) is 0 Å². The lowest BCUT2D eigenvalue weighted by Gasteiger charge is -2.18. The second-order valence-corrected chi connectivity index (χ2v) is 8.17. The van der Waals surface area contributed by atoms with Gasteiger partial charge in [0.05, 0.1) is 33.5 Å². The third kappa shape index (κ3) is 4.82. The van der Waals surface area contributed by atoms with E-state index in [9.17, 15) is 39.4 Å². The molecule has 0 saturated carbocycles. The predicted octanol–water partition coefficient (Wildman–Crippen LogP) is 1.99. The number of nitro benzene ring substituents is 1. The maximum atomic E-state index is 14.3. The van der Waals surface area contributed by atoms with Gasteiger partial charge < -0.3 is 21.1 Å². The number of carboxylic acid groups (broad SMARTS) is 2. The minimum Gasteiger partial charge on any atom is -0.507 e. The van der Waals surface area contributed by atoms with E-state index in [1.165, 1.54) is 42.5 Å². The Kier molecular flexibility index (Phi) is 6.36. The highest BCUT2D eigenvalue weighted by molar-refractivity contribution is 5.95. The number of rotatable bonds is 8. The van der Waals surface area contributed by atoms with E-state index < -0.39 is 52.8 Å². The van der Waals surface area contributed by atoms with E-state index in [0.717, 1.165) is 6.07 Å². The molecule has 2 atom stereocenters. The SMILES string of the molecule is N=C(N)c1cc2c(cc1F)=NC(c1cc(C(CC(=O)O)C(=O)O)cc(-c3cccc([N+](=O)[O-])c3)c1O)N=2. The van der Waals surface area contributed by atoms with Gasteiger partial charge in [0.2, 0.25) is 0 Å². The summed E-state index contributed by atoms with van der Waals surface area (Å²) in [4.78, 5) is 42.5. The Balaban J connectivity index is 1.96. The number of nitrogen functional groups attached to an aromatic ring is 1. The molecule has 3 aromatic rings. The summed E-state index contributed by atoms with van der Waals surface area (Å²) in [5, 5.41) is 49.1. The van der Waals surface area contributed by atoms with Crippen LogP contribution in [-0.4, -0.2) is 38.0 Å². The number of aromatic hydroxyl groups is 1. The number of hydrogen-bond donors (Lipinski definition) is 5. The fourth-order valence-electron chi connectivity index (χ4n) is 4.00. The lowest BCUT2D eigenvalue weighted by atomic mass is 9.89. The number of hydrogen-bond acceptors (Lipinski definition) is 8. The fourth-order valence-corrected chi connectivity index (χ4v) is 4.00. The first-order valence-electron chi connectivity index (χ1n) is 10.6. The highest BCUT2D eigenvalue weighted by Crippen LogP contribution is 2.41. The molecule has 6 N–H and O–H groups in total. The van der Waals surface area contributed by atoms with Crippen molar-refractivity contribution >= 4 is 23.5 Å². The number of fused-ring (bicyclic) bond motifs is 1. The third-order valence-corrected chi connectivity index (χ3v) is 5.76. The highest BCUT2D eigenvalue weighted by Gasteiger charge is 2.29. The zero-order valence-corrected chi connectivity index (χ0v) is 18.8. The van der Waals surface area contributed by atoms with Gasteiger partial charge in [0.15, 0.2) is 6.17 Å². The van der Waals surface area contributed by atoms with Crippen LogP contribution in [0.3, 0.4) is 0 Å². The standard InChI is InChI=1S/C24H18FN5O7/c25-17-9-19-18(7-15(17)22(26)27)28-23(29-19)16-6-11(14(24(34)35)8-20(31)32)5-13(21(16)33)10-2-1-3-12(4-10)30(36)37/h1-7,9,14,23,33H,8H2,(H3,26,27)(H,31,32)(H,34,35). The molecular formula is C24H18FN5O7. The number of halogens is 1. The van der Waals surface area contributed by atoms with E-state index in [4.69, 9.17) is 11.1 Å². The summed E-state index contributed by atoms with van der Waals surface area (Å²) >= 11 is 0. The summed E-state index contributed by atoms with van der Waals surface area (Å²) in [5.41, 5.74) is 5.01. The summed E-state index contributed by atoms with van der Waals surface area (Å²) in [7, 11) is 0. The third-order valence-electron chi connectivity index (χ3n) is 5.76. The van der Waals surface area contributed by atoms with Gasteiger partial charge in [-0.2, -0.15) is 0 Å². The van der Waals surface area contributed by atoms with Crippen LogP contribution in [-0.2, 0) is 9.59 Å². The van der Waals surface area contributed by atoms with E-state index >= 15 is 0 Å². The average molecular weight is 507 g/mol. The van der Waals surface area contributed by atoms with E-state index in [-0.39, 0.29) is 44.2 Å². The van der Waals surface area contributed by atoms with Crippen molar-refractivity contribution in [2.24, 2.45) is 15.7 Å². The molecule has 0 aliphatic carbocycles. The molecule has 12 nitrogen and oxygen atoms in total. The topological polar surface area (TPSA) is 213 Å². The van der Waals surface area contributed by atoms with Crippen LogP contribution in [0.2, 0.25) is 0 Å². The number of carboxylic acids is 2. The van der Waals surface area contributed by atoms with Gasteiger partial charge in [-0.05, 0) is 29.3 Å². The zero-order chi connectivity index (χ0) is 27.0. The molecule has 1 aliphatic rings. The van der Waals surface area contributed by atoms with Crippen molar-refractivity contribution in [3.8, 4) is 16.9 Å². The van der Waals surface area contributed by atoms with Crippen LogP contribution in [0.4, 0.5) is 10.1 Å². The molecule has 0 spiro atoms. The van der Waals surface area contributed by atoms with Crippen molar-refractivity contribution in [1.29, 1.82) is 5.41 Å². The van der Waals surface area contributed by atoms with E-state index in [2.05, 4.69) is 9.98 Å². The first-order valence-corrected chi connectivity index (χ1v) is 10.6. The second-order valence-electron chi connectivity index (χ2n) is 8.17. The molecule has 0 radical (unpaired) electrons. The zero-order valence-electron chi connectivity index (χ0n) is 18.8. The Morgan fingerprint density at radius 1 is 1.14 bits per heavy atom. The number of nitrogens with zero attached hydrogens (tertiary/aromatic N) is 3. The van der Waals surface area contributed by atoms with Crippen LogP contribution in [0.5, 0.6) is 5.75 Å². The molecule has 0 bridgehead atoms. The number of benzene rings is 3. The molecule has 0 amide bonds. The molecule has 4 rings (SSSR count). The van der Waals surface area contributed by atoms with Gasteiger partial charge in [-0.3, -0.25) is 35.1 Å². The molecule has 13 heteroatoms. The Labute approximate surface area is 206 Å². The summed E-state index contributed by atoms with van der Waals surface area (Å²) in [6, 6.07) is 9.94. The fraction of sp³-hybridized carbons (Fsp3) is 0.125. The van der Waals surface area contributed by atoms with Crippen molar-refractivity contribution in [2.45, 2.75) is 18.5 Å². The molecule has 0 fully saturated rings. The molecule has 1 aliphatic heterocycles. The smallest absolute Gasteiger partial charge is 0.311 e. The Morgan fingerprint density at radius 2 is 1.81 bits per heavy atom. The molecular weight excluding hydrogens is 489 g/mol. The lowest BCUT2D eigenvalue weighted by molar-refractivity contribution is -0.384. The molecule has 0 aromatic heterocycles. The Hall–Kier alpha value is -5.20. The molecule has 37 heavy (non-hydrogen) atoms. The maximum Gasteiger partial charge on any atom is 0.311 e. The van der Waals surface area contributed by atoms with E-state index in [0.29, 0.717) is 0 Å². The van der Waals surface area contributed by atoms with Gasteiger partial charge in [-0.25, -0.2) is 4.39 Å². The maximum absolute atomic E-state index is 14.3. The van der Waals surface area contributed by atoms with Crippen molar-refractivity contribution in [3.05, 3.63) is 91.9 Å². The summed E-state index contributed by atoms with van der Waals surface area (Å²) < 4.78 is 14.3. The van der Waals surface area contributed by atoms with E-state index in [1.807, 2.05) is 0 Å². The first kappa shape index (κ1) is 24.9.